The van der Waals surface area contributed by atoms with Gasteiger partial charge >= 0.3 is 0 Å². The van der Waals surface area contributed by atoms with Crippen molar-refractivity contribution in [3.05, 3.63) is 52.6 Å². The largest absolute Gasteiger partial charge is 0.369 e. The van der Waals surface area contributed by atoms with E-state index in [-0.39, 0.29) is 17.7 Å². The second kappa shape index (κ2) is 4.87. The van der Waals surface area contributed by atoms with Crippen molar-refractivity contribution in [1.82, 2.24) is 0 Å². The monoisotopic (exact) mass is 279 g/mol. The van der Waals surface area contributed by atoms with Gasteiger partial charge in [0, 0.05) is 5.92 Å². The lowest BCUT2D eigenvalue weighted by Crippen LogP contribution is -2.35. The molecule has 2 nitrogen and oxygen atoms in total. The average molecular weight is 279 g/mol. The molecule has 3 atom stereocenters. The Bertz CT molecular complexity index is 655. The van der Waals surface area contributed by atoms with Crippen LogP contribution in [-0.4, -0.2) is 5.91 Å². The number of nitrogens with two attached hydrogens (primary N) is 1. The highest BCUT2D eigenvalue weighted by molar-refractivity contribution is 5.86. The normalized spacial score (nSPS) is 30.4. The highest BCUT2D eigenvalue weighted by Crippen LogP contribution is 2.49. The van der Waals surface area contributed by atoms with E-state index in [1.54, 1.807) is 5.57 Å². The van der Waals surface area contributed by atoms with Gasteiger partial charge < -0.3 is 5.73 Å². The summed E-state index contributed by atoms with van der Waals surface area (Å²) < 4.78 is 0. The zero-order valence-electron chi connectivity index (χ0n) is 12.2. The Hall–Kier alpha value is -1.83. The molecule has 2 N–H and O–H groups in total. The molecular weight excluding hydrogens is 258 g/mol. The SMILES string of the molecule is NC(=O)C1c2ccccc2C=C2C=C3CCCCC3CC21. The van der Waals surface area contributed by atoms with Gasteiger partial charge in [0.05, 0.1) is 5.92 Å². The van der Waals surface area contributed by atoms with Gasteiger partial charge in [0.25, 0.3) is 0 Å². The van der Waals surface area contributed by atoms with Crippen molar-refractivity contribution >= 4 is 12.0 Å². The van der Waals surface area contributed by atoms with Gasteiger partial charge in [0.15, 0.2) is 0 Å². The number of carbonyl (C=O) groups excluding carboxylic acids is 1. The number of carbonyl (C=O) groups is 1. The topological polar surface area (TPSA) is 43.1 Å². The number of benzene rings is 1. The molecule has 0 radical (unpaired) electrons. The number of rotatable bonds is 1. The van der Waals surface area contributed by atoms with Crippen LogP contribution in [0.3, 0.4) is 0 Å². The molecule has 1 aromatic carbocycles. The van der Waals surface area contributed by atoms with Gasteiger partial charge in [-0.2, -0.15) is 0 Å². The van der Waals surface area contributed by atoms with Crippen molar-refractivity contribution in [3.8, 4) is 0 Å². The van der Waals surface area contributed by atoms with Crippen molar-refractivity contribution in [2.45, 2.75) is 38.0 Å². The summed E-state index contributed by atoms with van der Waals surface area (Å²) in [5, 5.41) is 0. The van der Waals surface area contributed by atoms with Gasteiger partial charge in [-0.3, -0.25) is 4.79 Å². The Morgan fingerprint density at radius 1 is 1.14 bits per heavy atom. The molecule has 0 spiro atoms. The Morgan fingerprint density at radius 3 is 2.86 bits per heavy atom. The fourth-order valence-corrected chi connectivity index (χ4v) is 4.48. The molecule has 0 aromatic heterocycles. The van der Waals surface area contributed by atoms with Gasteiger partial charge in [0.1, 0.15) is 0 Å². The second-order valence-electron chi connectivity index (χ2n) is 6.66. The number of hydrogen-bond donors (Lipinski definition) is 1. The van der Waals surface area contributed by atoms with Gasteiger partial charge in [-0.15, -0.1) is 0 Å². The molecule has 2 heteroatoms. The molecule has 0 heterocycles. The van der Waals surface area contributed by atoms with E-state index in [4.69, 9.17) is 5.73 Å². The third-order valence-electron chi connectivity index (χ3n) is 5.47. The number of allylic oxidation sites excluding steroid dienone is 3. The van der Waals surface area contributed by atoms with Crippen LogP contribution in [0.1, 0.15) is 49.1 Å². The van der Waals surface area contributed by atoms with E-state index in [9.17, 15) is 4.79 Å². The maximum atomic E-state index is 12.1. The van der Waals surface area contributed by atoms with E-state index in [1.165, 1.54) is 36.8 Å². The van der Waals surface area contributed by atoms with Crippen LogP contribution in [0.25, 0.3) is 6.08 Å². The summed E-state index contributed by atoms with van der Waals surface area (Å²) in [6.07, 6.45) is 10.9. The fraction of sp³-hybridized carbons (Fsp3) is 0.421. The molecule has 3 unspecified atom stereocenters. The summed E-state index contributed by atoms with van der Waals surface area (Å²) in [7, 11) is 0. The predicted molar refractivity (Wildman–Crippen MR) is 84.5 cm³/mol. The van der Waals surface area contributed by atoms with E-state index in [0.29, 0.717) is 5.92 Å². The molecule has 3 aliphatic rings. The van der Waals surface area contributed by atoms with Crippen molar-refractivity contribution < 1.29 is 4.79 Å². The zero-order chi connectivity index (χ0) is 14.4. The first-order chi connectivity index (χ1) is 10.2. The highest BCUT2D eigenvalue weighted by atomic mass is 16.1. The molecule has 0 bridgehead atoms. The third kappa shape index (κ3) is 2.05. The molecule has 108 valence electrons. The minimum absolute atomic E-state index is 0.152. The zero-order valence-corrected chi connectivity index (χ0v) is 12.2. The Morgan fingerprint density at radius 2 is 2.00 bits per heavy atom. The fourth-order valence-electron chi connectivity index (χ4n) is 4.48. The van der Waals surface area contributed by atoms with Crippen molar-refractivity contribution in [3.63, 3.8) is 0 Å². The maximum absolute atomic E-state index is 12.1. The van der Waals surface area contributed by atoms with Crippen LogP contribution in [0.5, 0.6) is 0 Å². The third-order valence-corrected chi connectivity index (χ3v) is 5.47. The Balaban J connectivity index is 1.84. The van der Waals surface area contributed by atoms with E-state index in [0.717, 1.165) is 12.0 Å². The number of fused-ring (bicyclic) bond motifs is 3. The van der Waals surface area contributed by atoms with Gasteiger partial charge in [0.2, 0.25) is 5.91 Å². The molecule has 0 saturated heterocycles. The second-order valence-corrected chi connectivity index (χ2v) is 6.66. The van der Waals surface area contributed by atoms with Gasteiger partial charge in [-0.25, -0.2) is 0 Å². The van der Waals surface area contributed by atoms with Crippen LogP contribution in [-0.2, 0) is 4.79 Å². The predicted octanol–water partition coefficient (Wildman–Crippen LogP) is 3.79. The highest BCUT2D eigenvalue weighted by Gasteiger charge is 2.39. The lowest BCUT2D eigenvalue weighted by Gasteiger charge is -2.40. The number of primary amides is 1. The minimum atomic E-state index is -0.175. The summed E-state index contributed by atoms with van der Waals surface area (Å²) in [6.45, 7) is 0. The first-order valence-electron chi connectivity index (χ1n) is 8.04. The van der Waals surface area contributed by atoms with Crippen LogP contribution in [0.15, 0.2) is 41.5 Å². The van der Waals surface area contributed by atoms with Gasteiger partial charge in [-0.1, -0.05) is 48.4 Å². The van der Waals surface area contributed by atoms with Crippen molar-refractivity contribution in [2.24, 2.45) is 17.6 Å². The molecule has 1 saturated carbocycles. The van der Waals surface area contributed by atoms with Crippen molar-refractivity contribution in [1.29, 1.82) is 0 Å². The van der Waals surface area contributed by atoms with Crippen LogP contribution >= 0.6 is 0 Å². The molecule has 1 aromatic rings. The maximum Gasteiger partial charge on any atom is 0.225 e. The Labute approximate surface area is 125 Å². The van der Waals surface area contributed by atoms with Crippen LogP contribution in [0.4, 0.5) is 0 Å². The molecule has 4 rings (SSSR count). The number of hydrogen-bond acceptors (Lipinski definition) is 1. The minimum Gasteiger partial charge on any atom is -0.369 e. The quantitative estimate of drug-likeness (QED) is 0.835. The van der Waals surface area contributed by atoms with E-state index in [2.05, 4.69) is 24.3 Å². The molecule has 3 aliphatic carbocycles. The smallest absolute Gasteiger partial charge is 0.225 e. The van der Waals surface area contributed by atoms with E-state index in [1.807, 2.05) is 12.1 Å². The van der Waals surface area contributed by atoms with Crippen LogP contribution in [0, 0.1) is 11.8 Å². The first kappa shape index (κ1) is 12.9. The van der Waals surface area contributed by atoms with Gasteiger partial charge in [-0.05, 0) is 48.3 Å². The lowest BCUT2D eigenvalue weighted by atomic mass is 9.64. The average Bonchev–Trinajstić information content (AvgIpc) is 2.50. The van der Waals surface area contributed by atoms with E-state index >= 15 is 0 Å². The summed E-state index contributed by atoms with van der Waals surface area (Å²) in [5.41, 5.74) is 11.0. The first-order valence-corrected chi connectivity index (χ1v) is 8.04. The Kier molecular flexibility index (Phi) is 2.99. The molecule has 21 heavy (non-hydrogen) atoms. The molecule has 0 aliphatic heterocycles. The summed E-state index contributed by atoms with van der Waals surface area (Å²) >= 11 is 0. The van der Waals surface area contributed by atoms with Crippen molar-refractivity contribution in [2.75, 3.05) is 0 Å². The molecule has 1 fully saturated rings. The molecular formula is C19H21NO. The molecule has 1 amide bonds. The van der Waals surface area contributed by atoms with Crippen LogP contribution < -0.4 is 5.73 Å². The summed E-state index contributed by atoms with van der Waals surface area (Å²) in [5.74, 6) is 0.629. The standard InChI is InChI=1S/C19H21NO/c20-19(21)18-16-8-4-3-7-14(16)10-15-9-12-5-1-2-6-13(12)11-17(15)18/h3-4,7-10,13,17-18H,1-2,5-6,11H2,(H2,20,21). The van der Waals surface area contributed by atoms with Crippen LogP contribution in [0.2, 0.25) is 0 Å². The number of amides is 1. The van der Waals surface area contributed by atoms with E-state index < -0.39 is 0 Å². The summed E-state index contributed by atoms with van der Waals surface area (Å²) in [6, 6.07) is 8.21. The lowest BCUT2D eigenvalue weighted by molar-refractivity contribution is -0.120. The summed E-state index contributed by atoms with van der Waals surface area (Å²) in [4.78, 5) is 12.1.